The lowest BCUT2D eigenvalue weighted by molar-refractivity contribution is -0.129. The summed E-state index contributed by atoms with van der Waals surface area (Å²) in [5, 5.41) is 2.95. The van der Waals surface area contributed by atoms with Crippen LogP contribution in [0.15, 0.2) is 0 Å². The Morgan fingerprint density at radius 1 is 1.50 bits per heavy atom. The summed E-state index contributed by atoms with van der Waals surface area (Å²) >= 11 is 0. The molecule has 1 N–H and O–H groups in total. The van der Waals surface area contributed by atoms with Gasteiger partial charge in [0.15, 0.2) is 0 Å². The Hall–Kier alpha value is -1.01. The molecule has 0 bridgehead atoms. The van der Waals surface area contributed by atoms with Crippen molar-refractivity contribution in [1.29, 1.82) is 0 Å². The molecule has 90 valence electrons. The predicted octanol–water partition coefficient (Wildman–Crippen LogP) is 1.25. The normalized spacial score (nSPS) is 18.4. The van der Waals surface area contributed by atoms with E-state index in [-0.39, 0.29) is 5.91 Å². The molecule has 0 unspecified atom stereocenters. The van der Waals surface area contributed by atoms with E-state index < -0.39 is 0 Å². The van der Waals surface area contributed by atoms with E-state index in [9.17, 15) is 4.79 Å². The fraction of sp³-hybridized carbons (Fsp3) is 0.769. The average Bonchev–Trinajstić information content (AvgIpc) is 2.74. The van der Waals surface area contributed by atoms with Gasteiger partial charge in [-0.05, 0) is 24.7 Å². The second kappa shape index (κ2) is 5.91. The Balaban J connectivity index is 2.40. The summed E-state index contributed by atoms with van der Waals surface area (Å²) in [7, 11) is 0. The topological polar surface area (TPSA) is 32.3 Å². The minimum Gasteiger partial charge on any atom is -0.341 e. The summed E-state index contributed by atoms with van der Waals surface area (Å²) in [6, 6.07) is 0. The molecule has 1 amide bonds. The third kappa shape index (κ3) is 2.99. The second-order valence-corrected chi connectivity index (χ2v) is 4.58. The van der Waals surface area contributed by atoms with Crippen LogP contribution in [-0.2, 0) is 4.79 Å². The largest absolute Gasteiger partial charge is 0.341 e. The van der Waals surface area contributed by atoms with E-state index in [1.54, 1.807) is 0 Å². The highest BCUT2D eigenvalue weighted by molar-refractivity contribution is 5.78. The molecule has 1 fully saturated rings. The van der Waals surface area contributed by atoms with E-state index in [1.165, 1.54) is 0 Å². The smallest absolute Gasteiger partial charge is 0.236 e. The first-order valence-electron chi connectivity index (χ1n) is 6.09. The van der Waals surface area contributed by atoms with Crippen molar-refractivity contribution < 1.29 is 4.79 Å². The molecule has 3 nitrogen and oxygen atoms in total. The molecule has 0 aromatic carbocycles. The van der Waals surface area contributed by atoms with Gasteiger partial charge in [-0.1, -0.05) is 19.8 Å². The van der Waals surface area contributed by atoms with Crippen molar-refractivity contribution in [3.8, 4) is 12.3 Å². The standard InChI is InChI=1S/C13H22N2O/c1-4-8-14-10-12(16)15-9-7-13(5-2,6-3)11-15/h1,14H,5-11H2,2-3H3. The van der Waals surface area contributed by atoms with Gasteiger partial charge in [-0.15, -0.1) is 6.42 Å². The number of likely N-dealkylation sites (tertiary alicyclic amines) is 1. The van der Waals surface area contributed by atoms with Crippen LogP contribution in [0.1, 0.15) is 33.1 Å². The molecule has 1 rings (SSSR count). The first-order valence-corrected chi connectivity index (χ1v) is 6.09. The summed E-state index contributed by atoms with van der Waals surface area (Å²) < 4.78 is 0. The predicted molar refractivity (Wildman–Crippen MR) is 65.9 cm³/mol. The summed E-state index contributed by atoms with van der Waals surface area (Å²) in [5.41, 5.74) is 0.363. The van der Waals surface area contributed by atoms with Gasteiger partial charge in [0.05, 0.1) is 13.1 Å². The van der Waals surface area contributed by atoms with Crippen LogP contribution in [0, 0.1) is 17.8 Å². The summed E-state index contributed by atoms with van der Waals surface area (Å²) in [4.78, 5) is 13.8. The summed E-state index contributed by atoms with van der Waals surface area (Å²) in [6.45, 7) is 7.08. The maximum Gasteiger partial charge on any atom is 0.236 e. The number of terminal acetylenes is 1. The molecule has 0 aromatic heterocycles. The molecule has 1 heterocycles. The zero-order valence-corrected chi connectivity index (χ0v) is 10.4. The molecule has 1 aliphatic heterocycles. The Kier molecular flexibility index (Phi) is 4.82. The molecule has 3 heteroatoms. The van der Waals surface area contributed by atoms with Crippen molar-refractivity contribution >= 4 is 5.91 Å². The first kappa shape index (κ1) is 13.1. The zero-order chi connectivity index (χ0) is 12.0. The maximum absolute atomic E-state index is 11.8. The van der Waals surface area contributed by atoms with Crippen LogP contribution < -0.4 is 5.32 Å². The van der Waals surface area contributed by atoms with E-state index >= 15 is 0 Å². The molecule has 1 aliphatic rings. The molecule has 16 heavy (non-hydrogen) atoms. The number of nitrogens with one attached hydrogen (secondary N) is 1. The monoisotopic (exact) mass is 222 g/mol. The van der Waals surface area contributed by atoms with E-state index in [1.807, 2.05) is 4.90 Å². The summed E-state index contributed by atoms with van der Waals surface area (Å²) in [6.07, 6.45) is 8.57. The minimum absolute atomic E-state index is 0.180. The maximum atomic E-state index is 11.8. The molecule has 0 aromatic rings. The molecule has 0 saturated carbocycles. The van der Waals surface area contributed by atoms with Crippen molar-refractivity contribution in [1.82, 2.24) is 10.2 Å². The van der Waals surface area contributed by atoms with Gasteiger partial charge in [-0.3, -0.25) is 10.1 Å². The van der Waals surface area contributed by atoms with E-state index in [2.05, 4.69) is 25.1 Å². The molecular weight excluding hydrogens is 200 g/mol. The van der Waals surface area contributed by atoms with Gasteiger partial charge in [0.25, 0.3) is 0 Å². The summed E-state index contributed by atoms with van der Waals surface area (Å²) in [5.74, 6) is 2.65. The van der Waals surface area contributed by atoms with Crippen molar-refractivity contribution in [2.75, 3.05) is 26.2 Å². The van der Waals surface area contributed by atoms with Crippen LogP contribution in [0.3, 0.4) is 0 Å². The van der Waals surface area contributed by atoms with Crippen molar-refractivity contribution in [2.45, 2.75) is 33.1 Å². The molecule has 0 radical (unpaired) electrons. The SMILES string of the molecule is C#CCNCC(=O)N1CCC(CC)(CC)C1. The highest BCUT2D eigenvalue weighted by atomic mass is 16.2. The fourth-order valence-corrected chi connectivity index (χ4v) is 2.33. The zero-order valence-electron chi connectivity index (χ0n) is 10.4. The molecule has 0 aliphatic carbocycles. The Morgan fingerprint density at radius 2 is 2.19 bits per heavy atom. The van der Waals surface area contributed by atoms with Gasteiger partial charge in [0.2, 0.25) is 5.91 Å². The van der Waals surface area contributed by atoms with Crippen LogP contribution in [0.2, 0.25) is 0 Å². The van der Waals surface area contributed by atoms with Gasteiger partial charge < -0.3 is 4.90 Å². The van der Waals surface area contributed by atoms with Crippen molar-refractivity contribution in [3.63, 3.8) is 0 Å². The third-order valence-corrected chi connectivity index (χ3v) is 3.79. The van der Waals surface area contributed by atoms with Crippen molar-refractivity contribution in [2.24, 2.45) is 5.41 Å². The fourth-order valence-electron chi connectivity index (χ4n) is 2.33. The number of hydrogen-bond donors (Lipinski definition) is 1. The van der Waals surface area contributed by atoms with Crippen LogP contribution in [-0.4, -0.2) is 37.0 Å². The highest BCUT2D eigenvalue weighted by Gasteiger charge is 2.36. The molecule has 1 saturated heterocycles. The Labute approximate surface area is 98.6 Å². The molecular formula is C13H22N2O. The number of carbonyl (C=O) groups excluding carboxylic acids is 1. The highest BCUT2D eigenvalue weighted by Crippen LogP contribution is 2.36. The number of hydrogen-bond acceptors (Lipinski definition) is 2. The van der Waals surface area contributed by atoms with Gasteiger partial charge in [0, 0.05) is 13.1 Å². The van der Waals surface area contributed by atoms with E-state index in [0.29, 0.717) is 18.5 Å². The Bertz CT molecular complexity index is 276. The van der Waals surface area contributed by atoms with Crippen molar-refractivity contribution in [3.05, 3.63) is 0 Å². The third-order valence-electron chi connectivity index (χ3n) is 3.79. The quantitative estimate of drug-likeness (QED) is 0.561. The van der Waals surface area contributed by atoms with Gasteiger partial charge in [0.1, 0.15) is 0 Å². The van der Waals surface area contributed by atoms with Crippen LogP contribution >= 0.6 is 0 Å². The van der Waals surface area contributed by atoms with Gasteiger partial charge in [-0.25, -0.2) is 0 Å². The Morgan fingerprint density at radius 3 is 2.69 bits per heavy atom. The number of nitrogens with zero attached hydrogens (tertiary/aromatic N) is 1. The van der Waals surface area contributed by atoms with Crippen LogP contribution in [0.5, 0.6) is 0 Å². The lowest BCUT2D eigenvalue weighted by Crippen LogP contribution is -2.38. The molecule has 0 atom stereocenters. The van der Waals surface area contributed by atoms with Crippen LogP contribution in [0.4, 0.5) is 0 Å². The molecule has 0 spiro atoms. The van der Waals surface area contributed by atoms with E-state index in [4.69, 9.17) is 6.42 Å². The van der Waals surface area contributed by atoms with E-state index in [0.717, 1.165) is 32.4 Å². The second-order valence-electron chi connectivity index (χ2n) is 4.58. The number of carbonyl (C=O) groups is 1. The lowest BCUT2D eigenvalue weighted by atomic mass is 9.82. The average molecular weight is 222 g/mol. The minimum atomic E-state index is 0.180. The van der Waals surface area contributed by atoms with Gasteiger partial charge >= 0.3 is 0 Å². The first-order chi connectivity index (χ1) is 7.67. The van der Waals surface area contributed by atoms with Crippen LogP contribution in [0.25, 0.3) is 0 Å². The number of amides is 1. The lowest BCUT2D eigenvalue weighted by Gasteiger charge is -2.26. The number of rotatable bonds is 5. The van der Waals surface area contributed by atoms with Gasteiger partial charge in [-0.2, -0.15) is 0 Å².